The number of aryl methyl sites for hydroxylation is 1. The van der Waals surface area contributed by atoms with E-state index >= 15 is 0 Å². The molecule has 0 spiro atoms. The molecule has 5 rings (SSSR count). The zero-order valence-corrected chi connectivity index (χ0v) is 21.3. The van der Waals surface area contributed by atoms with Crippen molar-refractivity contribution in [2.24, 2.45) is 7.05 Å². The lowest BCUT2D eigenvalue weighted by Gasteiger charge is -2.16. The third-order valence-corrected chi connectivity index (χ3v) is 6.85. The number of rotatable bonds is 5. The summed E-state index contributed by atoms with van der Waals surface area (Å²) in [5.74, 6) is 0.0145. The highest BCUT2D eigenvalue weighted by atomic mass is 16.2. The number of nitriles is 1. The Balaban J connectivity index is 1.66. The van der Waals surface area contributed by atoms with Gasteiger partial charge in [-0.2, -0.15) is 5.26 Å². The summed E-state index contributed by atoms with van der Waals surface area (Å²) in [6, 6.07) is 14.8. The molecule has 3 N–H and O–H groups in total. The van der Waals surface area contributed by atoms with Crippen molar-refractivity contribution in [2.45, 2.75) is 19.8 Å². The molecule has 2 aromatic heterocycles. The van der Waals surface area contributed by atoms with Crippen molar-refractivity contribution in [3.63, 3.8) is 0 Å². The van der Waals surface area contributed by atoms with Crippen LogP contribution in [0.15, 0.2) is 60.9 Å². The molecule has 0 unspecified atom stereocenters. The number of benzene rings is 2. The van der Waals surface area contributed by atoms with Gasteiger partial charge in [-0.25, -0.2) is 9.97 Å². The number of hydrogen-bond acceptors (Lipinski definition) is 6. The average Bonchev–Trinajstić information content (AvgIpc) is 3.56. The van der Waals surface area contributed by atoms with Crippen LogP contribution in [-0.4, -0.2) is 44.3 Å². The molecule has 1 aliphatic rings. The van der Waals surface area contributed by atoms with Crippen LogP contribution in [0.4, 0.5) is 11.5 Å². The number of fused-ring (bicyclic) bond motifs is 1. The number of nitrogens with two attached hydrogens (primary N) is 1. The smallest absolute Gasteiger partial charge is 0.253 e. The molecule has 9 nitrogen and oxygen atoms in total. The minimum atomic E-state index is -0.321. The van der Waals surface area contributed by atoms with E-state index < -0.39 is 0 Å². The fourth-order valence-electron chi connectivity index (χ4n) is 4.91. The SMILES string of the molecule is C=C(C)C(=O)Nc1ccc(-c2c(-c3ccc(C(=O)N4CCCC4)cc3)c3c(N)ncnc3n2C)c(C#N)c1. The molecule has 0 aliphatic carbocycles. The van der Waals surface area contributed by atoms with E-state index in [0.29, 0.717) is 44.8 Å². The predicted octanol–water partition coefficient (Wildman–Crippen LogP) is 4.51. The van der Waals surface area contributed by atoms with Gasteiger partial charge in [-0.05, 0) is 55.7 Å². The summed E-state index contributed by atoms with van der Waals surface area (Å²) in [5, 5.41) is 13.5. The maximum absolute atomic E-state index is 12.9. The van der Waals surface area contributed by atoms with Crippen molar-refractivity contribution < 1.29 is 9.59 Å². The first kappa shape index (κ1) is 24.7. The van der Waals surface area contributed by atoms with Crippen LogP contribution >= 0.6 is 0 Å². The molecule has 0 bridgehead atoms. The molecule has 3 heterocycles. The number of amides is 2. The number of carbonyl (C=O) groups is 2. The van der Waals surface area contributed by atoms with Gasteiger partial charge < -0.3 is 20.5 Å². The van der Waals surface area contributed by atoms with Crippen LogP contribution in [0, 0.1) is 11.3 Å². The minimum Gasteiger partial charge on any atom is -0.383 e. The summed E-state index contributed by atoms with van der Waals surface area (Å²) in [6.07, 6.45) is 3.46. The number of nitrogens with one attached hydrogen (secondary N) is 1. The van der Waals surface area contributed by atoms with Crippen LogP contribution in [0.3, 0.4) is 0 Å². The lowest BCUT2D eigenvalue weighted by atomic mass is 9.95. The Hall–Kier alpha value is -4.97. The largest absolute Gasteiger partial charge is 0.383 e. The van der Waals surface area contributed by atoms with E-state index in [-0.39, 0.29) is 11.8 Å². The van der Waals surface area contributed by atoms with Crippen molar-refractivity contribution in [1.29, 1.82) is 5.26 Å². The van der Waals surface area contributed by atoms with Gasteiger partial charge in [-0.15, -0.1) is 0 Å². The number of likely N-dealkylation sites (tertiary alicyclic amines) is 1. The molecular formula is C29H27N7O2. The molecular weight excluding hydrogens is 478 g/mol. The summed E-state index contributed by atoms with van der Waals surface area (Å²) in [6.45, 7) is 6.83. The molecule has 1 saturated heterocycles. The minimum absolute atomic E-state index is 0.0224. The third kappa shape index (κ3) is 4.26. The van der Waals surface area contributed by atoms with Crippen LogP contribution in [0.2, 0.25) is 0 Å². The zero-order valence-electron chi connectivity index (χ0n) is 21.3. The standard InChI is InChI=1S/C29H27N7O2/c1-17(2)28(37)34-21-10-11-22(20(14-21)15-30)25-23(24-26(31)32-16-33-27(24)35(25)3)18-6-8-19(9-7-18)29(38)36-12-4-5-13-36/h6-11,14,16H,1,4-5,12-13H2,2-3H3,(H,34,37)(H2,31,32,33). The van der Waals surface area contributed by atoms with Crippen LogP contribution in [0.25, 0.3) is 33.4 Å². The number of aromatic nitrogens is 3. The zero-order chi connectivity index (χ0) is 27.0. The van der Waals surface area contributed by atoms with E-state index in [4.69, 9.17) is 5.73 Å². The molecule has 190 valence electrons. The Kier molecular flexibility index (Phi) is 6.39. The Bertz CT molecular complexity index is 1640. The van der Waals surface area contributed by atoms with Crippen LogP contribution in [0.1, 0.15) is 35.7 Å². The molecule has 2 amide bonds. The fourth-order valence-corrected chi connectivity index (χ4v) is 4.91. The quantitative estimate of drug-likeness (QED) is 0.384. The number of carbonyl (C=O) groups excluding carboxylic acids is 2. The molecule has 38 heavy (non-hydrogen) atoms. The first-order valence-electron chi connectivity index (χ1n) is 12.3. The second kappa shape index (κ2) is 9.82. The predicted molar refractivity (Wildman–Crippen MR) is 147 cm³/mol. The highest BCUT2D eigenvalue weighted by Crippen LogP contribution is 2.43. The monoisotopic (exact) mass is 505 g/mol. The lowest BCUT2D eigenvalue weighted by Crippen LogP contribution is -2.27. The van der Waals surface area contributed by atoms with Gasteiger partial charge in [0, 0.05) is 48.1 Å². The van der Waals surface area contributed by atoms with Gasteiger partial charge >= 0.3 is 0 Å². The maximum Gasteiger partial charge on any atom is 0.253 e. The topological polar surface area (TPSA) is 130 Å². The lowest BCUT2D eigenvalue weighted by molar-refractivity contribution is -0.112. The Morgan fingerprint density at radius 3 is 2.47 bits per heavy atom. The van der Waals surface area contributed by atoms with Gasteiger partial charge in [-0.3, -0.25) is 9.59 Å². The van der Waals surface area contributed by atoms with Crippen LogP contribution in [0.5, 0.6) is 0 Å². The molecule has 4 aromatic rings. The molecule has 9 heteroatoms. The third-order valence-electron chi connectivity index (χ3n) is 6.85. The number of hydrogen-bond donors (Lipinski definition) is 2. The second-order valence-corrected chi connectivity index (χ2v) is 9.42. The summed E-state index contributed by atoms with van der Waals surface area (Å²) in [7, 11) is 1.86. The molecule has 1 fully saturated rings. The normalized spacial score (nSPS) is 12.9. The van der Waals surface area contributed by atoms with Gasteiger partial charge in [0.05, 0.1) is 22.7 Å². The summed E-state index contributed by atoms with van der Waals surface area (Å²) < 4.78 is 1.88. The van der Waals surface area contributed by atoms with Gasteiger partial charge in [0.25, 0.3) is 11.8 Å². The first-order chi connectivity index (χ1) is 18.3. The molecule has 0 radical (unpaired) electrons. The van der Waals surface area contributed by atoms with Crippen molar-refractivity contribution in [2.75, 3.05) is 24.1 Å². The summed E-state index contributed by atoms with van der Waals surface area (Å²) >= 11 is 0. The van der Waals surface area contributed by atoms with E-state index in [1.165, 1.54) is 6.33 Å². The van der Waals surface area contributed by atoms with E-state index in [1.54, 1.807) is 25.1 Å². The highest BCUT2D eigenvalue weighted by Gasteiger charge is 2.25. The highest BCUT2D eigenvalue weighted by molar-refractivity contribution is 6.09. The van der Waals surface area contributed by atoms with Crippen LogP contribution < -0.4 is 11.1 Å². The van der Waals surface area contributed by atoms with E-state index in [0.717, 1.165) is 42.8 Å². The van der Waals surface area contributed by atoms with Crippen molar-refractivity contribution in [3.05, 3.63) is 72.1 Å². The van der Waals surface area contributed by atoms with Crippen molar-refractivity contribution in [1.82, 2.24) is 19.4 Å². The number of nitrogen functional groups attached to an aromatic ring is 1. The second-order valence-electron chi connectivity index (χ2n) is 9.42. The van der Waals surface area contributed by atoms with E-state index in [2.05, 4.69) is 27.9 Å². The molecule has 0 atom stereocenters. The molecule has 1 aliphatic heterocycles. The summed E-state index contributed by atoms with van der Waals surface area (Å²) in [5.41, 5.74) is 11.7. The summed E-state index contributed by atoms with van der Waals surface area (Å²) in [4.78, 5) is 35.6. The van der Waals surface area contributed by atoms with Crippen molar-refractivity contribution >= 4 is 34.4 Å². The van der Waals surface area contributed by atoms with Gasteiger partial charge in [0.15, 0.2) is 0 Å². The van der Waals surface area contributed by atoms with E-state index in [1.807, 2.05) is 40.8 Å². The average molecular weight is 506 g/mol. The fraction of sp³-hybridized carbons (Fsp3) is 0.207. The van der Waals surface area contributed by atoms with Crippen LogP contribution in [-0.2, 0) is 11.8 Å². The number of anilines is 2. The maximum atomic E-state index is 12.9. The van der Waals surface area contributed by atoms with Crippen molar-refractivity contribution in [3.8, 4) is 28.5 Å². The Morgan fingerprint density at radius 1 is 1.11 bits per heavy atom. The number of nitrogens with zero attached hydrogens (tertiary/aromatic N) is 5. The molecule has 2 aromatic carbocycles. The van der Waals surface area contributed by atoms with Gasteiger partial charge in [0.2, 0.25) is 0 Å². The van der Waals surface area contributed by atoms with Gasteiger partial charge in [-0.1, -0.05) is 18.7 Å². The first-order valence-corrected chi connectivity index (χ1v) is 12.3. The Labute approximate surface area is 220 Å². The van der Waals surface area contributed by atoms with E-state index in [9.17, 15) is 14.9 Å². The van der Waals surface area contributed by atoms with Gasteiger partial charge in [0.1, 0.15) is 17.8 Å². The molecule has 0 saturated carbocycles. The Morgan fingerprint density at radius 2 is 1.82 bits per heavy atom.